The van der Waals surface area contributed by atoms with Crippen LogP contribution in [0.2, 0.25) is 0 Å². The maximum Gasteiger partial charge on any atom is 0.257 e. The highest BCUT2D eigenvalue weighted by Crippen LogP contribution is 2.10. The molecule has 5 nitrogen and oxygen atoms in total. The highest BCUT2D eigenvalue weighted by Gasteiger charge is 2.24. The number of amides is 1. The molecule has 0 aromatic carbocycles. The van der Waals surface area contributed by atoms with Crippen molar-refractivity contribution in [3.8, 4) is 0 Å². The monoisotopic (exact) mass is 210 g/mol. The third-order valence-corrected chi connectivity index (χ3v) is 2.46. The van der Waals surface area contributed by atoms with Gasteiger partial charge in [0.25, 0.3) is 5.91 Å². The summed E-state index contributed by atoms with van der Waals surface area (Å²) in [4.78, 5) is 13.6. The van der Waals surface area contributed by atoms with Crippen LogP contribution in [0.1, 0.15) is 10.4 Å². The summed E-state index contributed by atoms with van der Waals surface area (Å²) in [5.74, 6) is -0.0227. The molecule has 0 bridgehead atoms. The highest BCUT2D eigenvalue weighted by atomic mass is 16.5. The molecule has 0 radical (unpaired) electrons. The maximum atomic E-state index is 11.9. The van der Waals surface area contributed by atoms with E-state index in [1.54, 1.807) is 11.0 Å². The van der Waals surface area contributed by atoms with E-state index in [-0.39, 0.29) is 12.0 Å². The van der Waals surface area contributed by atoms with Crippen molar-refractivity contribution >= 4 is 5.91 Å². The summed E-state index contributed by atoms with van der Waals surface area (Å²) in [6, 6.07) is 1.66. The number of morpholine rings is 1. The zero-order chi connectivity index (χ0) is 10.7. The number of ether oxygens (including phenoxy) is 1. The van der Waals surface area contributed by atoms with E-state index in [0.29, 0.717) is 31.8 Å². The molecule has 1 aliphatic rings. The number of hydrogen-bond acceptors (Lipinski definition) is 4. The fourth-order valence-electron chi connectivity index (χ4n) is 1.62. The van der Waals surface area contributed by atoms with Crippen molar-refractivity contribution < 1.29 is 13.9 Å². The lowest BCUT2D eigenvalue weighted by Crippen LogP contribution is -2.48. The van der Waals surface area contributed by atoms with Crippen molar-refractivity contribution in [3.05, 3.63) is 24.2 Å². The Bertz CT molecular complexity index is 323. The first-order valence-electron chi connectivity index (χ1n) is 4.94. The first kappa shape index (κ1) is 10.2. The maximum absolute atomic E-state index is 11.9. The topological polar surface area (TPSA) is 68.7 Å². The van der Waals surface area contributed by atoms with Crippen LogP contribution in [0.5, 0.6) is 0 Å². The van der Waals surface area contributed by atoms with Crippen LogP contribution in [0.25, 0.3) is 0 Å². The number of hydrogen-bond donors (Lipinski definition) is 1. The van der Waals surface area contributed by atoms with Gasteiger partial charge in [-0.3, -0.25) is 4.79 Å². The van der Waals surface area contributed by atoms with Crippen molar-refractivity contribution in [2.24, 2.45) is 5.73 Å². The average molecular weight is 210 g/mol. The molecule has 0 aliphatic carbocycles. The van der Waals surface area contributed by atoms with Gasteiger partial charge in [0.15, 0.2) is 0 Å². The van der Waals surface area contributed by atoms with Gasteiger partial charge in [0.1, 0.15) is 6.26 Å². The molecular formula is C10H14N2O3. The molecule has 1 aliphatic heterocycles. The third kappa shape index (κ3) is 2.19. The van der Waals surface area contributed by atoms with Crippen molar-refractivity contribution in [1.82, 2.24) is 4.90 Å². The molecule has 2 rings (SSSR count). The normalized spacial score (nSPS) is 21.7. The van der Waals surface area contributed by atoms with Crippen LogP contribution in [0.3, 0.4) is 0 Å². The van der Waals surface area contributed by atoms with E-state index < -0.39 is 0 Å². The molecule has 1 aromatic rings. The Balaban J connectivity index is 2.01. The zero-order valence-corrected chi connectivity index (χ0v) is 8.39. The van der Waals surface area contributed by atoms with Gasteiger partial charge in [0.05, 0.1) is 24.5 Å². The van der Waals surface area contributed by atoms with Crippen molar-refractivity contribution in [2.45, 2.75) is 6.10 Å². The first-order chi connectivity index (χ1) is 7.31. The molecule has 1 unspecified atom stereocenters. The summed E-state index contributed by atoms with van der Waals surface area (Å²) in [5, 5.41) is 0. The average Bonchev–Trinajstić information content (AvgIpc) is 2.81. The summed E-state index contributed by atoms with van der Waals surface area (Å²) >= 11 is 0. The Labute approximate surface area is 87.8 Å². The van der Waals surface area contributed by atoms with Gasteiger partial charge in [-0.05, 0) is 6.07 Å². The van der Waals surface area contributed by atoms with Gasteiger partial charge in [-0.15, -0.1) is 0 Å². The predicted octanol–water partition coefficient (Wildman–Crippen LogP) is 0.0793. The molecule has 1 aromatic heterocycles. The van der Waals surface area contributed by atoms with Gasteiger partial charge in [0, 0.05) is 19.6 Å². The minimum Gasteiger partial charge on any atom is -0.472 e. The second kappa shape index (κ2) is 4.46. The van der Waals surface area contributed by atoms with E-state index in [9.17, 15) is 4.79 Å². The summed E-state index contributed by atoms with van der Waals surface area (Å²) in [7, 11) is 0. The molecule has 82 valence electrons. The van der Waals surface area contributed by atoms with Crippen LogP contribution in [-0.2, 0) is 4.74 Å². The van der Waals surface area contributed by atoms with Crippen LogP contribution in [-0.4, -0.2) is 43.2 Å². The van der Waals surface area contributed by atoms with Crippen molar-refractivity contribution in [3.63, 3.8) is 0 Å². The minimum absolute atomic E-state index is 0.0227. The van der Waals surface area contributed by atoms with Gasteiger partial charge in [0.2, 0.25) is 0 Å². The number of carbonyl (C=O) groups is 1. The molecule has 0 saturated carbocycles. The second-order valence-electron chi connectivity index (χ2n) is 3.49. The Morgan fingerprint density at radius 2 is 2.53 bits per heavy atom. The molecule has 2 N–H and O–H groups in total. The fraction of sp³-hybridized carbons (Fsp3) is 0.500. The SMILES string of the molecule is NCC1CN(C(=O)c2ccoc2)CCO1. The summed E-state index contributed by atoms with van der Waals surface area (Å²) in [6.07, 6.45) is 2.90. The van der Waals surface area contributed by atoms with E-state index in [1.807, 2.05) is 0 Å². The number of rotatable bonds is 2. The quantitative estimate of drug-likeness (QED) is 0.750. The number of nitrogens with two attached hydrogens (primary N) is 1. The van der Waals surface area contributed by atoms with Crippen LogP contribution < -0.4 is 5.73 Å². The fourth-order valence-corrected chi connectivity index (χ4v) is 1.62. The van der Waals surface area contributed by atoms with Crippen LogP contribution >= 0.6 is 0 Å². The van der Waals surface area contributed by atoms with Gasteiger partial charge < -0.3 is 19.8 Å². The molecule has 15 heavy (non-hydrogen) atoms. The van der Waals surface area contributed by atoms with Crippen molar-refractivity contribution in [1.29, 1.82) is 0 Å². The second-order valence-corrected chi connectivity index (χ2v) is 3.49. The number of furan rings is 1. The minimum atomic E-state index is -0.0467. The molecule has 0 spiro atoms. The van der Waals surface area contributed by atoms with Gasteiger partial charge in [-0.1, -0.05) is 0 Å². The molecule has 1 saturated heterocycles. The van der Waals surface area contributed by atoms with E-state index in [4.69, 9.17) is 14.9 Å². The lowest BCUT2D eigenvalue weighted by atomic mass is 10.2. The standard InChI is InChI=1S/C10H14N2O3/c11-5-9-6-12(2-4-15-9)10(13)8-1-3-14-7-8/h1,3,7,9H,2,4-6,11H2. The lowest BCUT2D eigenvalue weighted by Gasteiger charge is -2.32. The van der Waals surface area contributed by atoms with E-state index in [2.05, 4.69) is 0 Å². The van der Waals surface area contributed by atoms with Crippen LogP contribution in [0.4, 0.5) is 0 Å². The van der Waals surface area contributed by atoms with Crippen LogP contribution in [0.15, 0.2) is 23.0 Å². The number of carbonyl (C=O) groups excluding carboxylic acids is 1. The molecule has 5 heteroatoms. The van der Waals surface area contributed by atoms with Gasteiger partial charge >= 0.3 is 0 Å². The van der Waals surface area contributed by atoms with Gasteiger partial charge in [-0.2, -0.15) is 0 Å². The largest absolute Gasteiger partial charge is 0.472 e. The van der Waals surface area contributed by atoms with E-state index >= 15 is 0 Å². The summed E-state index contributed by atoms with van der Waals surface area (Å²) < 4.78 is 10.3. The highest BCUT2D eigenvalue weighted by molar-refractivity contribution is 5.93. The van der Waals surface area contributed by atoms with Gasteiger partial charge in [-0.25, -0.2) is 0 Å². The Morgan fingerprint density at radius 3 is 3.20 bits per heavy atom. The predicted molar refractivity (Wildman–Crippen MR) is 53.4 cm³/mol. The Morgan fingerprint density at radius 1 is 1.67 bits per heavy atom. The summed E-state index contributed by atoms with van der Waals surface area (Å²) in [6.45, 7) is 2.15. The molecule has 1 atom stereocenters. The van der Waals surface area contributed by atoms with E-state index in [1.165, 1.54) is 12.5 Å². The molecule has 2 heterocycles. The molecule has 1 amide bonds. The Hall–Kier alpha value is -1.33. The first-order valence-corrected chi connectivity index (χ1v) is 4.94. The molecule has 1 fully saturated rings. The van der Waals surface area contributed by atoms with Crippen LogP contribution in [0, 0.1) is 0 Å². The molecular weight excluding hydrogens is 196 g/mol. The number of nitrogens with zero attached hydrogens (tertiary/aromatic N) is 1. The van der Waals surface area contributed by atoms with Crippen molar-refractivity contribution in [2.75, 3.05) is 26.2 Å². The van der Waals surface area contributed by atoms with E-state index in [0.717, 1.165) is 0 Å². The Kier molecular flexibility index (Phi) is 3.03. The smallest absolute Gasteiger partial charge is 0.257 e. The summed E-state index contributed by atoms with van der Waals surface area (Å²) in [5.41, 5.74) is 6.08. The third-order valence-electron chi connectivity index (χ3n) is 2.46. The lowest BCUT2D eigenvalue weighted by molar-refractivity contribution is -0.0167. The zero-order valence-electron chi connectivity index (χ0n) is 8.39.